The summed E-state index contributed by atoms with van der Waals surface area (Å²) in [7, 11) is 1.68. The Morgan fingerprint density at radius 3 is 2.71 bits per heavy atom. The van der Waals surface area contributed by atoms with Crippen LogP contribution >= 0.6 is 11.8 Å². The minimum atomic E-state index is -0.871. The summed E-state index contributed by atoms with van der Waals surface area (Å²) >= 11 is 1.47. The van der Waals surface area contributed by atoms with Gasteiger partial charge in [0.1, 0.15) is 5.54 Å². The lowest BCUT2D eigenvalue weighted by Gasteiger charge is -2.27. The summed E-state index contributed by atoms with van der Waals surface area (Å²) in [6, 6.07) is 0.0461. The first-order chi connectivity index (χ1) is 9.88. The molecule has 1 aromatic rings. The fourth-order valence-electron chi connectivity index (χ4n) is 2.23. The van der Waals surface area contributed by atoms with Crippen LogP contribution < -0.4 is 11.0 Å². The Bertz CT molecular complexity index is 520. The number of carboxylic acids is 1. The number of hydrogen-bond donors (Lipinski definition) is 3. The van der Waals surface area contributed by atoms with Crippen molar-refractivity contribution < 1.29 is 9.90 Å². The molecule has 0 saturated heterocycles. The fraction of sp³-hybridized carbons (Fsp3) is 0.769. The Balaban J connectivity index is 2.59. The number of nitrogens with one attached hydrogen (secondary N) is 2. The molecule has 0 aliphatic heterocycles. The minimum Gasteiger partial charge on any atom is -0.480 e. The number of nitrogens with zero attached hydrogens (tertiary/aromatic N) is 2. The van der Waals surface area contributed by atoms with Crippen LogP contribution in [0.2, 0.25) is 0 Å². The molecule has 0 fully saturated rings. The molecule has 0 spiro atoms. The monoisotopic (exact) mass is 316 g/mol. The quantitative estimate of drug-likeness (QED) is 0.471. The molecule has 0 radical (unpaired) electrons. The van der Waals surface area contributed by atoms with Gasteiger partial charge in [-0.3, -0.25) is 9.36 Å². The lowest BCUT2D eigenvalue weighted by atomic mass is 9.91. The molecule has 0 aromatic carbocycles. The largest absolute Gasteiger partial charge is 0.480 e. The molecule has 1 aromatic heterocycles. The summed E-state index contributed by atoms with van der Waals surface area (Å²) in [6.45, 7) is 5.71. The van der Waals surface area contributed by atoms with Crippen molar-refractivity contribution in [2.24, 2.45) is 0 Å². The Labute approximate surface area is 128 Å². The SMILES string of the molecule is CCC(CCCSc1n[nH]c(=O)n1C(C)C)(NC)C(=O)O. The minimum absolute atomic E-state index is 0.0461. The zero-order valence-electron chi connectivity index (χ0n) is 13.0. The Morgan fingerprint density at radius 2 is 2.24 bits per heavy atom. The highest BCUT2D eigenvalue weighted by molar-refractivity contribution is 7.99. The molecular weight excluding hydrogens is 292 g/mol. The van der Waals surface area contributed by atoms with Gasteiger partial charge in [0.15, 0.2) is 5.16 Å². The van der Waals surface area contributed by atoms with Gasteiger partial charge in [-0.2, -0.15) is 0 Å². The van der Waals surface area contributed by atoms with E-state index in [1.165, 1.54) is 11.8 Å². The second-order valence-electron chi connectivity index (χ2n) is 5.22. The van der Waals surface area contributed by atoms with Gasteiger partial charge in [0.2, 0.25) is 0 Å². The van der Waals surface area contributed by atoms with E-state index in [0.717, 1.165) is 6.42 Å². The molecule has 0 aliphatic carbocycles. The number of H-pyrrole nitrogens is 1. The van der Waals surface area contributed by atoms with Gasteiger partial charge in [0.25, 0.3) is 0 Å². The smallest absolute Gasteiger partial charge is 0.344 e. The standard InChI is InChI=1S/C13H24N4O3S/c1-5-13(14-4,10(18)19)7-6-8-21-12-16-15-11(20)17(12)9(2)3/h9,14H,5-8H2,1-4H3,(H,15,20)(H,18,19). The number of carboxylic acid groups (broad SMARTS) is 1. The van der Waals surface area contributed by atoms with Crippen molar-refractivity contribution in [3.8, 4) is 0 Å². The molecule has 7 nitrogen and oxygen atoms in total. The predicted molar refractivity (Wildman–Crippen MR) is 82.9 cm³/mol. The molecule has 1 heterocycles. The zero-order chi connectivity index (χ0) is 16.0. The van der Waals surface area contributed by atoms with E-state index >= 15 is 0 Å². The topological polar surface area (TPSA) is 100 Å². The third-order valence-corrected chi connectivity index (χ3v) is 4.70. The summed E-state index contributed by atoms with van der Waals surface area (Å²) in [4.78, 5) is 23.0. The van der Waals surface area contributed by atoms with Crippen LogP contribution in [0.1, 0.15) is 46.1 Å². The van der Waals surface area contributed by atoms with Crippen molar-refractivity contribution in [2.45, 2.75) is 56.8 Å². The molecule has 0 bridgehead atoms. The van der Waals surface area contributed by atoms with E-state index in [0.29, 0.717) is 23.8 Å². The summed E-state index contributed by atoms with van der Waals surface area (Å²) in [5.74, 6) is -0.107. The van der Waals surface area contributed by atoms with Gasteiger partial charge in [0, 0.05) is 11.8 Å². The van der Waals surface area contributed by atoms with Gasteiger partial charge < -0.3 is 10.4 Å². The Morgan fingerprint density at radius 1 is 1.57 bits per heavy atom. The first-order valence-electron chi connectivity index (χ1n) is 7.10. The first kappa shape index (κ1) is 17.8. The van der Waals surface area contributed by atoms with Crippen LogP contribution in [-0.2, 0) is 4.79 Å². The number of rotatable bonds is 9. The molecule has 0 amide bonds. The Hall–Kier alpha value is -1.28. The van der Waals surface area contributed by atoms with E-state index in [2.05, 4.69) is 15.5 Å². The average molecular weight is 316 g/mol. The van der Waals surface area contributed by atoms with Crippen LogP contribution in [0, 0.1) is 0 Å². The third-order valence-electron chi connectivity index (χ3n) is 3.66. The third kappa shape index (κ3) is 4.10. The summed E-state index contributed by atoms with van der Waals surface area (Å²) in [6.07, 6.45) is 1.80. The predicted octanol–water partition coefficient (Wildman–Crippen LogP) is 1.48. The molecular formula is C13H24N4O3S. The van der Waals surface area contributed by atoms with E-state index in [4.69, 9.17) is 0 Å². The lowest BCUT2D eigenvalue weighted by Crippen LogP contribution is -2.49. The van der Waals surface area contributed by atoms with Crippen LogP contribution in [0.25, 0.3) is 0 Å². The summed E-state index contributed by atoms with van der Waals surface area (Å²) < 4.78 is 1.60. The number of likely N-dealkylation sites (N-methyl/N-ethyl adjacent to an activating group) is 1. The van der Waals surface area contributed by atoms with Crippen molar-refractivity contribution >= 4 is 17.7 Å². The number of aromatic nitrogens is 3. The van der Waals surface area contributed by atoms with Crippen LogP contribution in [0.5, 0.6) is 0 Å². The normalized spacial score (nSPS) is 14.3. The Kier molecular flexibility index (Phi) is 6.47. The molecule has 3 N–H and O–H groups in total. The maximum atomic E-state index is 11.6. The van der Waals surface area contributed by atoms with Crippen LogP contribution in [0.15, 0.2) is 9.95 Å². The van der Waals surface area contributed by atoms with Gasteiger partial charge in [-0.25, -0.2) is 9.89 Å². The van der Waals surface area contributed by atoms with Crippen molar-refractivity contribution in [3.05, 3.63) is 10.5 Å². The van der Waals surface area contributed by atoms with E-state index in [1.807, 2.05) is 20.8 Å². The highest BCUT2D eigenvalue weighted by Crippen LogP contribution is 2.22. The van der Waals surface area contributed by atoms with Crippen molar-refractivity contribution in [3.63, 3.8) is 0 Å². The number of carbonyl (C=O) groups is 1. The van der Waals surface area contributed by atoms with E-state index in [9.17, 15) is 14.7 Å². The molecule has 1 unspecified atom stereocenters. The van der Waals surface area contributed by atoms with Crippen molar-refractivity contribution in [1.82, 2.24) is 20.1 Å². The number of thioether (sulfide) groups is 1. The molecule has 8 heteroatoms. The maximum Gasteiger partial charge on any atom is 0.344 e. The van der Waals surface area contributed by atoms with Gasteiger partial charge in [-0.1, -0.05) is 18.7 Å². The van der Waals surface area contributed by atoms with E-state index in [1.54, 1.807) is 11.6 Å². The molecule has 0 aliphatic rings. The average Bonchev–Trinajstić information content (AvgIpc) is 2.80. The highest BCUT2D eigenvalue weighted by Gasteiger charge is 2.34. The van der Waals surface area contributed by atoms with Crippen molar-refractivity contribution in [1.29, 1.82) is 0 Å². The van der Waals surface area contributed by atoms with Gasteiger partial charge in [0.05, 0.1) is 0 Å². The van der Waals surface area contributed by atoms with Crippen LogP contribution in [0.3, 0.4) is 0 Å². The lowest BCUT2D eigenvalue weighted by molar-refractivity contribution is -0.145. The zero-order valence-corrected chi connectivity index (χ0v) is 13.8. The van der Waals surface area contributed by atoms with Crippen molar-refractivity contribution in [2.75, 3.05) is 12.8 Å². The first-order valence-corrected chi connectivity index (χ1v) is 8.08. The fourth-order valence-corrected chi connectivity index (χ4v) is 3.24. The summed E-state index contributed by atoms with van der Waals surface area (Å²) in [5, 5.41) is 19.3. The highest BCUT2D eigenvalue weighted by atomic mass is 32.2. The van der Waals surface area contributed by atoms with Gasteiger partial charge >= 0.3 is 11.7 Å². The van der Waals surface area contributed by atoms with Crippen LogP contribution in [-0.4, -0.2) is 44.2 Å². The summed E-state index contributed by atoms with van der Waals surface area (Å²) in [5.41, 5.74) is -1.08. The van der Waals surface area contributed by atoms with E-state index in [-0.39, 0.29) is 11.7 Å². The van der Waals surface area contributed by atoms with Crippen LogP contribution in [0.4, 0.5) is 0 Å². The molecule has 1 atom stereocenters. The number of hydrogen-bond acceptors (Lipinski definition) is 5. The number of aliphatic carboxylic acids is 1. The van der Waals surface area contributed by atoms with Gasteiger partial charge in [-0.15, -0.1) is 5.10 Å². The number of aromatic amines is 1. The second kappa shape index (κ2) is 7.65. The van der Waals surface area contributed by atoms with E-state index < -0.39 is 11.5 Å². The second-order valence-corrected chi connectivity index (χ2v) is 6.28. The molecule has 0 saturated carbocycles. The molecule has 1 rings (SSSR count). The maximum absolute atomic E-state index is 11.6. The molecule has 120 valence electrons. The molecule has 21 heavy (non-hydrogen) atoms. The van der Waals surface area contributed by atoms with Gasteiger partial charge in [-0.05, 0) is 40.2 Å².